The van der Waals surface area contributed by atoms with Crippen molar-refractivity contribution < 1.29 is 0 Å². The quantitative estimate of drug-likeness (QED) is 0.737. The van der Waals surface area contributed by atoms with Gasteiger partial charge in [0.25, 0.3) is 0 Å². The van der Waals surface area contributed by atoms with E-state index in [1.807, 2.05) is 17.9 Å². The number of hydrogen-bond donors (Lipinski definition) is 1. The summed E-state index contributed by atoms with van der Waals surface area (Å²) in [7, 11) is 2.02. The molecular formula is C11H19N3. The minimum atomic E-state index is 0.127. The smallest absolute Gasteiger partial charge is 0.0578 e. The highest BCUT2D eigenvalue weighted by molar-refractivity contribution is 5.13. The predicted molar refractivity (Wildman–Crippen MR) is 57.0 cm³/mol. The minimum Gasteiger partial charge on any atom is -0.306 e. The van der Waals surface area contributed by atoms with Gasteiger partial charge in [0.1, 0.15) is 0 Å². The molecule has 14 heavy (non-hydrogen) atoms. The number of rotatable bonds is 1. The largest absolute Gasteiger partial charge is 0.306 e. The molecule has 0 radical (unpaired) electrons. The molecule has 0 spiro atoms. The molecule has 0 aromatic carbocycles. The van der Waals surface area contributed by atoms with Gasteiger partial charge in [-0.1, -0.05) is 12.8 Å². The Morgan fingerprint density at radius 2 is 2.29 bits per heavy atom. The maximum absolute atomic E-state index is 4.24. The number of aryl methyl sites for hydroxylation is 1. The molecule has 1 N–H and O–H groups in total. The van der Waals surface area contributed by atoms with Gasteiger partial charge in [0.2, 0.25) is 0 Å². The third-order valence-corrected chi connectivity index (χ3v) is 3.25. The van der Waals surface area contributed by atoms with E-state index in [0.29, 0.717) is 0 Å². The minimum absolute atomic E-state index is 0.127. The average molecular weight is 193 g/mol. The van der Waals surface area contributed by atoms with Crippen molar-refractivity contribution in [1.82, 2.24) is 15.1 Å². The second-order valence-corrected chi connectivity index (χ2v) is 4.41. The zero-order chi connectivity index (χ0) is 10.0. The third-order valence-electron chi connectivity index (χ3n) is 3.25. The van der Waals surface area contributed by atoms with Gasteiger partial charge in [-0.05, 0) is 32.4 Å². The van der Waals surface area contributed by atoms with E-state index in [1.54, 1.807) is 0 Å². The summed E-state index contributed by atoms with van der Waals surface area (Å²) in [5, 5.41) is 7.88. The number of hydrogen-bond acceptors (Lipinski definition) is 2. The Balaban J connectivity index is 2.25. The molecule has 3 nitrogen and oxygen atoms in total. The van der Waals surface area contributed by atoms with Crippen LogP contribution in [0.1, 0.15) is 38.3 Å². The lowest BCUT2D eigenvalue weighted by Crippen LogP contribution is -2.40. The third kappa shape index (κ3) is 1.69. The van der Waals surface area contributed by atoms with Gasteiger partial charge in [0.05, 0.1) is 11.2 Å². The Morgan fingerprint density at radius 1 is 1.43 bits per heavy atom. The van der Waals surface area contributed by atoms with Crippen LogP contribution in [-0.4, -0.2) is 16.3 Å². The molecule has 1 atom stereocenters. The summed E-state index contributed by atoms with van der Waals surface area (Å²) in [5.41, 5.74) is 1.43. The zero-order valence-corrected chi connectivity index (χ0v) is 9.08. The molecule has 0 saturated carbocycles. The summed E-state index contributed by atoms with van der Waals surface area (Å²) in [6.45, 7) is 3.41. The van der Waals surface area contributed by atoms with Crippen molar-refractivity contribution in [3.8, 4) is 0 Å². The molecule has 1 unspecified atom stereocenters. The molecule has 0 aliphatic carbocycles. The molecule has 1 aliphatic heterocycles. The van der Waals surface area contributed by atoms with E-state index in [2.05, 4.69) is 23.4 Å². The highest BCUT2D eigenvalue weighted by Crippen LogP contribution is 2.28. The molecule has 0 bridgehead atoms. The summed E-state index contributed by atoms with van der Waals surface area (Å²) in [6.07, 6.45) is 7.06. The van der Waals surface area contributed by atoms with E-state index >= 15 is 0 Å². The van der Waals surface area contributed by atoms with Crippen LogP contribution in [0, 0.1) is 0 Å². The Morgan fingerprint density at radius 3 is 3.00 bits per heavy atom. The molecule has 1 saturated heterocycles. The molecule has 1 fully saturated rings. The molecule has 1 aliphatic rings. The Bertz CT molecular complexity index is 295. The average Bonchev–Trinajstić information content (AvgIpc) is 2.46. The first-order valence-electron chi connectivity index (χ1n) is 5.46. The van der Waals surface area contributed by atoms with Gasteiger partial charge in [0, 0.05) is 13.2 Å². The SMILES string of the molecule is Cn1nccc1C1(C)CCCCCN1. The van der Waals surface area contributed by atoms with Crippen LogP contribution in [0.15, 0.2) is 12.3 Å². The molecule has 78 valence electrons. The van der Waals surface area contributed by atoms with E-state index in [-0.39, 0.29) is 5.54 Å². The van der Waals surface area contributed by atoms with Gasteiger partial charge in [-0.25, -0.2) is 0 Å². The fraction of sp³-hybridized carbons (Fsp3) is 0.727. The topological polar surface area (TPSA) is 29.9 Å². The standard InChI is InChI=1S/C11H19N3/c1-11(7-4-3-5-8-12-11)10-6-9-13-14(10)2/h6,9,12H,3-5,7-8H2,1-2H3. The Hall–Kier alpha value is -0.830. The first-order valence-corrected chi connectivity index (χ1v) is 5.46. The van der Waals surface area contributed by atoms with Crippen LogP contribution < -0.4 is 5.32 Å². The second kappa shape index (κ2) is 3.73. The van der Waals surface area contributed by atoms with E-state index in [0.717, 1.165) is 6.54 Å². The summed E-state index contributed by atoms with van der Waals surface area (Å²) in [4.78, 5) is 0. The first-order chi connectivity index (χ1) is 6.72. The summed E-state index contributed by atoms with van der Waals surface area (Å²) in [6, 6.07) is 2.12. The highest BCUT2D eigenvalue weighted by atomic mass is 15.3. The van der Waals surface area contributed by atoms with Gasteiger partial charge in [-0.2, -0.15) is 5.10 Å². The highest BCUT2D eigenvalue weighted by Gasteiger charge is 2.29. The van der Waals surface area contributed by atoms with Crippen molar-refractivity contribution >= 4 is 0 Å². The lowest BCUT2D eigenvalue weighted by atomic mass is 9.92. The fourth-order valence-corrected chi connectivity index (χ4v) is 2.37. The van der Waals surface area contributed by atoms with Gasteiger partial charge in [-0.3, -0.25) is 4.68 Å². The van der Waals surface area contributed by atoms with Crippen LogP contribution in [0.2, 0.25) is 0 Å². The van der Waals surface area contributed by atoms with Crippen molar-refractivity contribution in [2.75, 3.05) is 6.54 Å². The number of nitrogens with one attached hydrogen (secondary N) is 1. The first kappa shape index (κ1) is 9.71. The summed E-state index contributed by atoms with van der Waals surface area (Å²) in [5.74, 6) is 0. The number of aromatic nitrogens is 2. The molecular weight excluding hydrogens is 174 g/mol. The maximum atomic E-state index is 4.24. The van der Waals surface area contributed by atoms with Gasteiger partial charge in [0.15, 0.2) is 0 Å². The van der Waals surface area contributed by atoms with E-state index in [1.165, 1.54) is 31.4 Å². The van der Waals surface area contributed by atoms with E-state index in [4.69, 9.17) is 0 Å². The monoisotopic (exact) mass is 193 g/mol. The lowest BCUT2D eigenvalue weighted by Gasteiger charge is -2.29. The molecule has 1 aromatic heterocycles. The van der Waals surface area contributed by atoms with E-state index < -0.39 is 0 Å². The van der Waals surface area contributed by atoms with E-state index in [9.17, 15) is 0 Å². The van der Waals surface area contributed by atoms with Crippen LogP contribution in [0.25, 0.3) is 0 Å². The molecule has 3 heteroatoms. The summed E-state index contributed by atoms with van der Waals surface area (Å²) < 4.78 is 1.98. The van der Waals surface area contributed by atoms with Crippen molar-refractivity contribution in [3.05, 3.63) is 18.0 Å². The van der Waals surface area contributed by atoms with Crippen LogP contribution in [-0.2, 0) is 12.6 Å². The molecule has 1 aromatic rings. The van der Waals surface area contributed by atoms with Crippen molar-refractivity contribution in [2.24, 2.45) is 7.05 Å². The number of nitrogens with zero attached hydrogens (tertiary/aromatic N) is 2. The Labute approximate surface area is 85.5 Å². The van der Waals surface area contributed by atoms with Gasteiger partial charge >= 0.3 is 0 Å². The van der Waals surface area contributed by atoms with Crippen LogP contribution >= 0.6 is 0 Å². The lowest BCUT2D eigenvalue weighted by molar-refractivity contribution is 0.335. The summed E-state index contributed by atoms with van der Waals surface area (Å²) >= 11 is 0. The molecule has 2 rings (SSSR count). The van der Waals surface area contributed by atoms with Crippen LogP contribution in [0.3, 0.4) is 0 Å². The molecule has 2 heterocycles. The molecule has 0 amide bonds. The van der Waals surface area contributed by atoms with Crippen LogP contribution in [0.5, 0.6) is 0 Å². The zero-order valence-electron chi connectivity index (χ0n) is 9.08. The van der Waals surface area contributed by atoms with Crippen LogP contribution in [0.4, 0.5) is 0 Å². The van der Waals surface area contributed by atoms with Crippen molar-refractivity contribution in [3.63, 3.8) is 0 Å². The maximum Gasteiger partial charge on any atom is 0.0578 e. The fourth-order valence-electron chi connectivity index (χ4n) is 2.37. The van der Waals surface area contributed by atoms with Crippen molar-refractivity contribution in [1.29, 1.82) is 0 Å². The second-order valence-electron chi connectivity index (χ2n) is 4.41. The Kier molecular flexibility index (Phi) is 2.59. The normalized spacial score (nSPS) is 28.7. The predicted octanol–water partition coefficient (Wildman–Crippen LogP) is 1.80. The van der Waals surface area contributed by atoms with Crippen molar-refractivity contribution in [2.45, 2.75) is 38.1 Å². The van der Waals surface area contributed by atoms with Gasteiger partial charge in [-0.15, -0.1) is 0 Å². The van der Waals surface area contributed by atoms with Gasteiger partial charge < -0.3 is 5.32 Å².